The first-order valence-electron chi connectivity index (χ1n) is 12.4. The molecule has 0 radical (unpaired) electrons. The molecule has 2 aromatic rings. The number of aliphatic hydroxyl groups is 1. The molecule has 0 spiro atoms. The normalized spacial score (nSPS) is 24.6. The van der Waals surface area contributed by atoms with E-state index in [1.807, 2.05) is 35.2 Å². The van der Waals surface area contributed by atoms with Crippen LogP contribution in [0.1, 0.15) is 51.7 Å². The second-order valence-corrected chi connectivity index (χ2v) is 10.7. The van der Waals surface area contributed by atoms with Gasteiger partial charge >= 0.3 is 0 Å². The van der Waals surface area contributed by atoms with Gasteiger partial charge in [0.2, 0.25) is 5.91 Å². The molecule has 2 aromatic carbocycles. The molecule has 2 heterocycles. The molecule has 184 valence electrons. The predicted octanol–water partition coefficient (Wildman–Crippen LogP) is 4.57. The SMILES string of the molecule is CC1CN(c2ccc(F)cc2CC2CCCN(c3ccc(C(C)(C)O)cc3)C2=O)CC(C)N1C. The van der Waals surface area contributed by atoms with Crippen LogP contribution in [0.25, 0.3) is 0 Å². The molecular formula is C28H38FN3O2. The number of likely N-dealkylation sites (N-methyl/N-ethyl adjacent to an activating group) is 1. The van der Waals surface area contributed by atoms with E-state index < -0.39 is 5.60 Å². The van der Waals surface area contributed by atoms with Crippen molar-refractivity contribution in [2.75, 3.05) is 36.5 Å². The quantitative estimate of drug-likeness (QED) is 0.700. The molecule has 0 saturated carbocycles. The Hall–Kier alpha value is -2.44. The third-order valence-electron chi connectivity index (χ3n) is 7.64. The van der Waals surface area contributed by atoms with Gasteiger partial charge in [0.15, 0.2) is 0 Å². The van der Waals surface area contributed by atoms with Crippen LogP contribution in [0.2, 0.25) is 0 Å². The second-order valence-electron chi connectivity index (χ2n) is 10.7. The number of carbonyl (C=O) groups is 1. The summed E-state index contributed by atoms with van der Waals surface area (Å²) in [5.41, 5.74) is 2.72. The summed E-state index contributed by atoms with van der Waals surface area (Å²) in [7, 11) is 2.15. The van der Waals surface area contributed by atoms with Crippen LogP contribution in [0.4, 0.5) is 15.8 Å². The summed E-state index contributed by atoms with van der Waals surface area (Å²) in [6.07, 6.45) is 2.26. The highest BCUT2D eigenvalue weighted by Crippen LogP contribution is 2.33. The Kier molecular flexibility index (Phi) is 7.02. The van der Waals surface area contributed by atoms with E-state index in [0.717, 1.165) is 48.4 Å². The lowest BCUT2D eigenvalue weighted by molar-refractivity contribution is -0.123. The first-order valence-corrected chi connectivity index (χ1v) is 12.4. The molecule has 34 heavy (non-hydrogen) atoms. The van der Waals surface area contributed by atoms with Gasteiger partial charge in [0, 0.05) is 49.0 Å². The van der Waals surface area contributed by atoms with E-state index in [0.29, 0.717) is 25.0 Å². The van der Waals surface area contributed by atoms with Crippen molar-refractivity contribution in [1.29, 1.82) is 0 Å². The molecule has 3 atom stereocenters. The standard InChI is InChI=1S/C28H38FN3O2/c1-19-17-31(18-20(2)30(19)5)26-13-10-24(29)16-22(26)15-21-7-6-14-32(27(21)33)25-11-8-23(9-12-25)28(3,4)34/h8-13,16,19-21,34H,6-7,14-15,17-18H2,1-5H3. The molecule has 3 unspecified atom stereocenters. The highest BCUT2D eigenvalue weighted by atomic mass is 19.1. The van der Waals surface area contributed by atoms with Gasteiger partial charge in [-0.1, -0.05) is 12.1 Å². The summed E-state index contributed by atoms with van der Waals surface area (Å²) < 4.78 is 14.3. The minimum Gasteiger partial charge on any atom is -0.386 e. The molecule has 1 amide bonds. The van der Waals surface area contributed by atoms with Gasteiger partial charge in [0.25, 0.3) is 0 Å². The number of amides is 1. The van der Waals surface area contributed by atoms with Gasteiger partial charge in [-0.25, -0.2) is 4.39 Å². The van der Waals surface area contributed by atoms with Crippen LogP contribution in [0, 0.1) is 11.7 Å². The maximum absolute atomic E-state index is 14.3. The number of hydrogen-bond donors (Lipinski definition) is 1. The van der Waals surface area contributed by atoms with Crippen molar-refractivity contribution < 1.29 is 14.3 Å². The number of piperazine rings is 1. The van der Waals surface area contributed by atoms with Gasteiger partial charge in [0.1, 0.15) is 5.82 Å². The molecule has 0 bridgehead atoms. The number of carbonyl (C=O) groups excluding carboxylic acids is 1. The molecule has 0 aromatic heterocycles. The fourth-order valence-electron chi connectivity index (χ4n) is 5.34. The van der Waals surface area contributed by atoms with E-state index in [9.17, 15) is 14.3 Å². The number of hydrogen-bond acceptors (Lipinski definition) is 4. The molecule has 0 aliphatic carbocycles. The number of rotatable bonds is 5. The Labute approximate surface area is 203 Å². The van der Waals surface area contributed by atoms with Crippen LogP contribution in [0.5, 0.6) is 0 Å². The summed E-state index contributed by atoms with van der Waals surface area (Å²) in [4.78, 5) is 20.1. The zero-order valence-corrected chi connectivity index (χ0v) is 21.1. The Morgan fingerprint density at radius 3 is 2.32 bits per heavy atom. The number of nitrogens with zero attached hydrogens (tertiary/aromatic N) is 3. The second kappa shape index (κ2) is 9.67. The van der Waals surface area contributed by atoms with Crippen LogP contribution >= 0.6 is 0 Å². The largest absolute Gasteiger partial charge is 0.386 e. The topological polar surface area (TPSA) is 47.0 Å². The van der Waals surface area contributed by atoms with Crippen LogP contribution in [0.3, 0.4) is 0 Å². The van der Waals surface area contributed by atoms with Gasteiger partial charge < -0.3 is 14.9 Å². The molecule has 5 nitrogen and oxygen atoms in total. The molecule has 2 fully saturated rings. The van der Waals surface area contributed by atoms with Crippen LogP contribution in [0.15, 0.2) is 42.5 Å². The lowest BCUT2D eigenvalue weighted by atomic mass is 9.88. The molecule has 4 rings (SSSR count). The summed E-state index contributed by atoms with van der Waals surface area (Å²) in [5.74, 6) is -0.334. The molecule has 1 N–H and O–H groups in total. The fraction of sp³-hybridized carbons (Fsp3) is 0.536. The third kappa shape index (κ3) is 5.13. The van der Waals surface area contributed by atoms with E-state index in [1.54, 1.807) is 19.9 Å². The summed E-state index contributed by atoms with van der Waals surface area (Å²) in [5, 5.41) is 10.2. The van der Waals surface area contributed by atoms with Gasteiger partial charge in [-0.3, -0.25) is 9.69 Å². The maximum Gasteiger partial charge on any atom is 0.230 e. The van der Waals surface area contributed by atoms with Gasteiger partial charge in [-0.2, -0.15) is 0 Å². The summed E-state index contributed by atoms with van der Waals surface area (Å²) in [6, 6.07) is 13.4. The summed E-state index contributed by atoms with van der Waals surface area (Å²) in [6.45, 7) is 10.4. The van der Waals surface area contributed by atoms with Crippen molar-refractivity contribution in [3.05, 3.63) is 59.4 Å². The third-order valence-corrected chi connectivity index (χ3v) is 7.64. The predicted molar refractivity (Wildman–Crippen MR) is 136 cm³/mol. The Bertz CT molecular complexity index is 1010. The Balaban J connectivity index is 1.55. The fourth-order valence-corrected chi connectivity index (χ4v) is 5.34. The average molecular weight is 468 g/mol. The number of benzene rings is 2. The maximum atomic E-state index is 14.3. The zero-order chi connectivity index (χ0) is 24.6. The Morgan fingerprint density at radius 2 is 1.71 bits per heavy atom. The number of piperidine rings is 1. The molecule has 2 aliphatic rings. The minimum absolute atomic E-state index is 0.0950. The van der Waals surface area contributed by atoms with E-state index in [1.165, 1.54) is 6.07 Å². The van der Waals surface area contributed by atoms with Gasteiger partial charge in [0.05, 0.1) is 5.60 Å². The first kappa shape index (κ1) is 24.7. The van der Waals surface area contributed by atoms with Crippen molar-refractivity contribution in [2.24, 2.45) is 5.92 Å². The van der Waals surface area contributed by atoms with E-state index in [4.69, 9.17) is 0 Å². The highest BCUT2D eigenvalue weighted by molar-refractivity contribution is 5.96. The number of halogens is 1. The van der Waals surface area contributed by atoms with Crippen LogP contribution < -0.4 is 9.80 Å². The van der Waals surface area contributed by atoms with Crippen molar-refractivity contribution in [1.82, 2.24) is 4.90 Å². The van der Waals surface area contributed by atoms with Gasteiger partial charge in [-0.05, 0) is 95.5 Å². The van der Waals surface area contributed by atoms with Crippen molar-refractivity contribution in [3.8, 4) is 0 Å². The highest BCUT2D eigenvalue weighted by Gasteiger charge is 2.32. The molecule has 2 saturated heterocycles. The molecular weight excluding hydrogens is 429 g/mol. The lowest BCUT2D eigenvalue weighted by Crippen LogP contribution is -2.55. The van der Waals surface area contributed by atoms with Gasteiger partial charge in [-0.15, -0.1) is 0 Å². The number of anilines is 2. The van der Waals surface area contributed by atoms with E-state index in [2.05, 4.69) is 30.7 Å². The summed E-state index contributed by atoms with van der Waals surface area (Å²) >= 11 is 0. The van der Waals surface area contributed by atoms with Crippen LogP contribution in [-0.2, 0) is 16.8 Å². The first-order chi connectivity index (χ1) is 16.0. The van der Waals surface area contributed by atoms with Crippen molar-refractivity contribution in [2.45, 2.75) is 64.6 Å². The van der Waals surface area contributed by atoms with Crippen LogP contribution in [-0.4, -0.2) is 54.7 Å². The monoisotopic (exact) mass is 467 g/mol. The smallest absolute Gasteiger partial charge is 0.230 e. The van der Waals surface area contributed by atoms with E-state index >= 15 is 0 Å². The average Bonchev–Trinajstić information content (AvgIpc) is 2.78. The molecule has 6 heteroatoms. The lowest BCUT2D eigenvalue weighted by Gasteiger charge is -2.44. The van der Waals surface area contributed by atoms with Crippen molar-refractivity contribution in [3.63, 3.8) is 0 Å². The van der Waals surface area contributed by atoms with E-state index in [-0.39, 0.29) is 17.6 Å². The molecule has 2 aliphatic heterocycles. The minimum atomic E-state index is -0.918. The van der Waals surface area contributed by atoms with Crippen molar-refractivity contribution >= 4 is 17.3 Å². The Morgan fingerprint density at radius 1 is 1.06 bits per heavy atom. The zero-order valence-electron chi connectivity index (χ0n) is 21.1.